The van der Waals surface area contributed by atoms with Crippen molar-refractivity contribution in [2.75, 3.05) is 0 Å². The molecule has 0 aliphatic carbocycles. The fourth-order valence-corrected chi connectivity index (χ4v) is 3.23. The molecule has 0 saturated carbocycles. The summed E-state index contributed by atoms with van der Waals surface area (Å²) in [6, 6.07) is 21.2. The van der Waals surface area contributed by atoms with Crippen LogP contribution in [0.15, 0.2) is 71.6 Å². The largest absolute Gasteiger partial charge is 0.345 e. The van der Waals surface area contributed by atoms with Gasteiger partial charge >= 0.3 is 0 Å². The average molecular weight is 359 g/mol. The van der Waals surface area contributed by atoms with Gasteiger partial charge in [-0.05, 0) is 18.6 Å². The Morgan fingerprint density at radius 2 is 1.81 bits per heavy atom. The maximum atomic E-state index is 12.4. The molecule has 128 valence electrons. The van der Waals surface area contributed by atoms with Gasteiger partial charge in [-0.2, -0.15) is 5.26 Å². The Morgan fingerprint density at radius 1 is 1.15 bits per heavy atom. The minimum absolute atomic E-state index is 0.0433. The van der Waals surface area contributed by atoms with Gasteiger partial charge in [-0.3, -0.25) is 4.79 Å². The molecule has 1 heterocycles. The van der Waals surface area contributed by atoms with Gasteiger partial charge in [0.2, 0.25) is 0 Å². The maximum absolute atomic E-state index is 12.4. The SMILES string of the molecule is C[C@H](NC(=O)/C(C#N)=C/c1nc(-c2ccccc2)cs1)c1ccccc1. The van der Waals surface area contributed by atoms with E-state index in [2.05, 4.69) is 10.3 Å². The predicted octanol–water partition coefficient (Wildman–Crippen LogP) is 4.59. The van der Waals surface area contributed by atoms with E-state index in [-0.39, 0.29) is 11.6 Å². The molecule has 2 aromatic carbocycles. The summed E-state index contributed by atoms with van der Waals surface area (Å²) in [5, 5.41) is 14.8. The lowest BCUT2D eigenvalue weighted by Gasteiger charge is -2.13. The van der Waals surface area contributed by atoms with Crippen LogP contribution < -0.4 is 5.32 Å². The van der Waals surface area contributed by atoms with Crippen LogP contribution in [0.4, 0.5) is 0 Å². The highest BCUT2D eigenvalue weighted by atomic mass is 32.1. The molecule has 4 nitrogen and oxygen atoms in total. The molecule has 1 amide bonds. The summed E-state index contributed by atoms with van der Waals surface area (Å²) < 4.78 is 0. The maximum Gasteiger partial charge on any atom is 0.262 e. The van der Waals surface area contributed by atoms with Crippen molar-refractivity contribution in [3.63, 3.8) is 0 Å². The summed E-state index contributed by atoms with van der Waals surface area (Å²) in [5.74, 6) is -0.402. The number of hydrogen-bond donors (Lipinski definition) is 1. The van der Waals surface area contributed by atoms with Crippen LogP contribution in [-0.2, 0) is 4.79 Å². The lowest BCUT2D eigenvalue weighted by Crippen LogP contribution is -2.27. The fourth-order valence-electron chi connectivity index (χ4n) is 2.47. The molecule has 0 radical (unpaired) electrons. The second-order valence-corrected chi connectivity index (χ2v) is 6.60. The minimum Gasteiger partial charge on any atom is -0.345 e. The zero-order valence-corrected chi connectivity index (χ0v) is 15.0. The molecular weight excluding hydrogens is 342 g/mol. The van der Waals surface area contributed by atoms with E-state index in [0.717, 1.165) is 16.8 Å². The first-order valence-electron chi connectivity index (χ1n) is 8.16. The van der Waals surface area contributed by atoms with Crippen LogP contribution in [0, 0.1) is 11.3 Å². The van der Waals surface area contributed by atoms with Gasteiger partial charge in [0.15, 0.2) is 0 Å². The van der Waals surface area contributed by atoms with Crippen molar-refractivity contribution in [2.24, 2.45) is 0 Å². The number of carbonyl (C=O) groups excluding carboxylic acids is 1. The molecule has 26 heavy (non-hydrogen) atoms. The van der Waals surface area contributed by atoms with Gasteiger partial charge in [0.1, 0.15) is 16.6 Å². The van der Waals surface area contributed by atoms with E-state index in [9.17, 15) is 10.1 Å². The Bertz CT molecular complexity index is 956. The van der Waals surface area contributed by atoms with E-state index >= 15 is 0 Å². The molecule has 0 aliphatic rings. The highest BCUT2D eigenvalue weighted by Crippen LogP contribution is 2.23. The van der Waals surface area contributed by atoms with Gasteiger partial charge in [0.25, 0.3) is 5.91 Å². The second-order valence-electron chi connectivity index (χ2n) is 5.71. The van der Waals surface area contributed by atoms with Crippen LogP contribution in [-0.4, -0.2) is 10.9 Å². The number of benzene rings is 2. The normalized spacial score (nSPS) is 12.2. The molecule has 3 aromatic rings. The average Bonchev–Trinajstić information content (AvgIpc) is 3.16. The van der Waals surface area contributed by atoms with Gasteiger partial charge in [0.05, 0.1) is 11.7 Å². The third kappa shape index (κ3) is 4.24. The number of amides is 1. The second kappa shape index (κ2) is 8.24. The molecule has 1 N–H and O–H groups in total. The van der Waals surface area contributed by atoms with Crippen LogP contribution in [0.25, 0.3) is 17.3 Å². The number of aromatic nitrogens is 1. The summed E-state index contributed by atoms with van der Waals surface area (Å²) in [5.41, 5.74) is 2.86. The number of rotatable bonds is 5. The van der Waals surface area contributed by atoms with E-state index in [4.69, 9.17) is 0 Å². The molecule has 1 aromatic heterocycles. The van der Waals surface area contributed by atoms with Crippen molar-refractivity contribution in [2.45, 2.75) is 13.0 Å². The fraction of sp³-hybridized carbons (Fsp3) is 0.0952. The monoisotopic (exact) mass is 359 g/mol. The van der Waals surface area contributed by atoms with Crippen LogP contribution >= 0.6 is 11.3 Å². The number of thiazole rings is 1. The lowest BCUT2D eigenvalue weighted by atomic mass is 10.1. The Balaban J connectivity index is 1.75. The van der Waals surface area contributed by atoms with E-state index in [0.29, 0.717) is 5.01 Å². The number of hydrogen-bond acceptors (Lipinski definition) is 4. The van der Waals surface area contributed by atoms with Gasteiger partial charge in [-0.25, -0.2) is 4.98 Å². The van der Waals surface area contributed by atoms with Gasteiger partial charge in [-0.15, -0.1) is 11.3 Å². The van der Waals surface area contributed by atoms with Crippen LogP contribution in [0.1, 0.15) is 23.5 Å². The molecule has 3 rings (SSSR count). The molecule has 0 spiro atoms. The highest BCUT2D eigenvalue weighted by Gasteiger charge is 2.14. The third-order valence-corrected chi connectivity index (χ3v) is 4.66. The van der Waals surface area contributed by atoms with Crippen molar-refractivity contribution in [3.05, 3.63) is 82.2 Å². The number of nitrogens with one attached hydrogen (secondary N) is 1. The molecular formula is C21H17N3OS. The predicted molar refractivity (Wildman–Crippen MR) is 104 cm³/mol. The first-order valence-corrected chi connectivity index (χ1v) is 9.04. The Labute approximate surface area is 156 Å². The summed E-state index contributed by atoms with van der Waals surface area (Å²) in [4.78, 5) is 16.9. The summed E-state index contributed by atoms with van der Waals surface area (Å²) in [7, 11) is 0. The molecule has 0 aliphatic heterocycles. The smallest absolute Gasteiger partial charge is 0.262 e. The Morgan fingerprint density at radius 3 is 2.46 bits per heavy atom. The Hall–Kier alpha value is -3.23. The minimum atomic E-state index is -0.402. The van der Waals surface area contributed by atoms with E-state index in [1.807, 2.05) is 79.0 Å². The first kappa shape index (κ1) is 17.6. The highest BCUT2D eigenvalue weighted by molar-refractivity contribution is 7.10. The van der Waals surface area contributed by atoms with Gasteiger partial charge < -0.3 is 5.32 Å². The number of nitriles is 1. The van der Waals surface area contributed by atoms with Gasteiger partial charge in [-0.1, -0.05) is 60.7 Å². The van der Waals surface area contributed by atoms with E-state index in [1.54, 1.807) is 0 Å². The topological polar surface area (TPSA) is 65.8 Å². The summed E-state index contributed by atoms with van der Waals surface area (Å²) in [6.07, 6.45) is 1.53. The van der Waals surface area contributed by atoms with E-state index in [1.165, 1.54) is 17.4 Å². The molecule has 0 bridgehead atoms. The van der Waals surface area contributed by atoms with Crippen molar-refractivity contribution in [3.8, 4) is 17.3 Å². The number of carbonyl (C=O) groups is 1. The van der Waals surface area contributed by atoms with Crippen LogP contribution in [0.3, 0.4) is 0 Å². The van der Waals surface area contributed by atoms with E-state index < -0.39 is 5.91 Å². The Kier molecular flexibility index (Phi) is 5.57. The standard InChI is InChI=1S/C21H17N3OS/c1-15(16-8-4-2-5-9-16)23-21(25)18(13-22)12-20-24-19(14-26-20)17-10-6-3-7-11-17/h2-12,14-15H,1H3,(H,23,25)/b18-12+/t15-/m0/s1. The summed E-state index contributed by atoms with van der Waals surface area (Å²) >= 11 is 1.40. The molecule has 0 unspecified atom stereocenters. The third-order valence-electron chi connectivity index (χ3n) is 3.87. The molecule has 0 fully saturated rings. The van der Waals surface area contributed by atoms with Crippen molar-refractivity contribution < 1.29 is 4.79 Å². The lowest BCUT2D eigenvalue weighted by molar-refractivity contribution is -0.117. The van der Waals surface area contributed by atoms with Crippen molar-refractivity contribution in [1.29, 1.82) is 5.26 Å². The molecule has 1 atom stereocenters. The quantitative estimate of drug-likeness (QED) is 0.535. The van der Waals surface area contributed by atoms with Crippen molar-refractivity contribution >= 4 is 23.3 Å². The molecule has 0 saturated heterocycles. The molecule has 5 heteroatoms. The van der Waals surface area contributed by atoms with Crippen LogP contribution in [0.2, 0.25) is 0 Å². The number of nitrogens with zero attached hydrogens (tertiary/aromatic N) is 2. The van der Waals surface area contributed by atoms with Gasteiger partial charge in [0, 0.05) is 10.9 Å². The van der Waals surface area contributed by atoms with Crippen molar-refractivity contribution in [1.82, 2.24) is 10.3 Å². The summed E-state index contributed by atoms with van der Waals surface area (Å²) in [6.45, 7) is 1.89. The van der Waals surface area contributed by atoms with Crippen LogP contribution in [0.5, 0.6) is 0 Å². The zero-order chi connectivity index (χ0) is 18.4. The zero-order valence-electron chi connectivity index (χ0n) is 14.2. The first-order chi connectivity index (χ1) is 12.7.